The molecule has 1 aromatic rings. The molecular weight excluding hydrogens is 209 g/mol. The van der Waals surface area contributed by atoms with Crippen molar-refractivity contribution in [2.45, 2.75) is 6.92 Å². The van der Waals surface area contributed by atoms with E-state index in [-0.39, 0.29) is 17.8 Å². The zero-order chi connectivity index (χ0) is 11.6. The van der Waals surface area contributed by atoms with Crippen LogP contribution < -0.4 is 5.32 Å². The van der Waals surface area contributed by atoms with Crippen LogP contribution in [0.1, 0.15) is 5.56 Å². The topological polar surface area (TPSA) is 41.5 Å². The molecule has 0 aliphatic carbocycles. The Bertz CT molecular complexity index is 352. The van der Waals surface area contributed by atoms with Crippen LogP contribution in [0.3, 0.4) is 0 Å². The molecule has 0 spiro atoms. The molecule has 0 unspecified atom stereocenters. The highest BCUT2D eigenvalue weighted by atomic mass is 19.1. The Hall–Kier alpha value is -1.13. The molecule has 16 heavy (non-hydrogen) atoms. The summed E-state index contributed by atoms with van der Waals surface area (Å²) in [4.78, 5) is 0. The Morgan fingerprint density at radius 2 is 2.25 bits per heavy atom. The quantitative estimate of drug-likeness (QED) is 0.817. The number of hydrogen-bond donors (Lipinski definition) is 2. The highest BCUT2D eigenvalue weighted by Gasteiger charge is 2.38. The number of rotatable bonds is 4. The molecule has 1 aliphatic rings. The summed E-state index contributed by atoms with van der Waals surface area (Å²) in [6.45, 7) is 3.51. The summed E-state index contributed by atoms with van der Waals surface area (Å²) < 4.78 is 18.6. The van der Waals surface area contributed by atoms with Crippen molar-refractivity contribution < 1.29 is 14.2 Å². The van der Waals surface area contributed by atoms with E-state index < -0.39 is 0 Å². The van der Waals surface area contributed by atoms with Gasteiger partial charge in [0.15, 0.2) is 0 Å². The Balaban J connectivity index is 2.04. The van der Waals surface area contributed by atoms with E-state index in [1.807, 2.05) is 13.0 Å². The maximum absolute atomic E-state index is 13.5. The van der Waals surface area contributed by atoms with Gasteiger partial charge in [-0.25, -0.2) is 4.39 Å². The molecule has 0 aromatic heterocycles. The fourth-order valence-corrected chi connectivity index (χ4v) is 1.77. The van der Waals surface area contributed by atoms with Gasteiger partial charge in [0.05, 0.1) is 30.9 Å². The Morgan fingerprint density at radius 3 is 2.75 bits per heavy atom. The molecule has 1 aromatic carbocycles. The van der Waals surface area contributed by atoms with Gasteiger partial charge in [0, 0.05) is 6.54 Å². The first-order valence-corrected chi connectivity index (χ1v) is 5.34. The van der Waals surface area contributed by atoms with E-state index in [0.29, 0.717) is 25.4 Å². The van der Waals surface area contributed by atoms with Gasteiger partial charge in [-0.1, -0.05) is 12.1 Å². The first-order valence-electron chi connectivity index (χ1n) is 5.34. The second-order valence-electron chi connectivity index (χ2n) is 4.44. The number of halogens is 1. The van der Waals surface area contributed by atoms with Crippen LogP contribution in [0.5, 0.6) is 0 Å². The lowest BCUT2D eigenvalue weighted by atomic mass is 9.87. The first kappa shape index (κ1) is 11.4. The van der Waals surface area contributed by atoms with E-state index in [9.17, 15) is 9.50 Å². The minimum Gasteiger partial charge on any atom is -0.396 e. The molecule has 2 N–H and O–H groups in total. The zero-order valence-electron chi connectivity index (χ0n) is 9.29. The Kier molecular flexibility index (Phi) is 3.12. The van der Waals surface area contributed by atoms with Crippen molar-refractivity contribution >= 4 is 5.69 Å². The molecule has 1 heterocycles. The largest absolute Gasteiger partial charge is 0.396 e. The molecule has 1 saturated heterocycles. The van der Waals surface area contributed by atoms with E-state index in [1.165, 1.54) is 6.07 Å². The average Bonchev–Trinajstić information content (AvgIpc) is 2.20. The second-order valence-corrected chi connectivity index (χ2v) is 4.44. The summed E-state index contributed by atoms with van der Waals surface area (Å²) in [5.41, 5.74) is 1.14. The van der Waals surface area contributed by atoms with Crippen molar-refractivity contribution in [3.63, 3.8) is 0 Å². The smallest absolute Gasteiger partial charge is 0.146 e. The molecule has 0 saturated carbocycles. The number of aliphatic hydroxyl groups is 1. The molecular formula is C12H16FNO2. The van der Waals surface area contributed by atoms with Crippen molar-refractivity contribution in [1.29, 1.82) is 0 Å². The minimum absolute atomic E-state index is 0.0630. The highest BCUT2D eigenvalue weighted by Crippen LogP contribution is 2.28. The van der Waals surface area contributed by atoms with Crippen molar-refractivity contribution in [3.8, 4) is 0 Å². The molecule has 0 atom stereocenters. The van der Waals surface area contributed by atoms with Crippen LogP contribution >= 0.6 is 0 Å². The third kappa shape index (κ3) is 2.03. The summed E-state index contributed by atoms with van der Waals surface area (Å²) in [7, 11) is 0. The SMILES string of the molecule is Cc1cccc(F)c1NCC1(CO)COC1. The monoisotopic (exact) mass is 225 g/mol. The first-order chi connectivity index (χ1) is 7.67. The predicted octanol–water partition coefficient (Wildman–Crippen LogP) is 1.55. The van der Waals surface area contributed by atoms with Gasteiger partial charge in [-0.05, 0) is 18.6 Å². The summed E-state index contributed by atoms with van der Waals surface area (Å²) >= 11 is 0. The minimum atomic E-state index is -0.256. The highest BCUT2D eigenvalue weighted by molar-refractivity contribution is 5.51. The van der Waals surface area contributed by atoms with Gasteiger partial charge in [-0.2, -0.15) is 0 Å². The van der Waals surface area contributed by atoms with Crippen molar-refractivity contribution in [2.24, 2.45) is 5.41 Å². The lowest BCUT2D eigenvalue weighted by Gasteiger charge is -2.40. The van der Waals surface area contributed by atoms with Gasteiger partial charge < -0.3 is 15.2 Å². The molecule has 88 valence electrons. The average molecular weight is 225 g/mol. The summed E-state index contributed by atoms with van der Waals surface area (Å²) in [5.74, 6) is -0.256. The fraction of sp³-hybridized carbons (Fsp3) is 0.500. The van der Waals surface area contributed by atoms with E-state index >= 15 is 0 Å². The molecule has 3 nitrogen and oxygen atoms in total. The van der Waals surface area contributed by atoms with Crippen LogP contribution in [-0.2, 0) is 4.74 Å². The van der Waals surface area contributed by atoms with Crippen LogP contribution in [0.4, 0.5) is 10.1 Å². The Labute approximate surface area is 94.2 Å². The number of hydrogen-bond acceptors (Lipinski definition) is 3. The lowest BCUT2D eigenvalue weighted by Crippen LogP contribution is -2.50. The maximum atomic E-state index is 13.5. The van der Waals surface area contributed by atoms with Crippen molar-refractivity contribution in [2.75, 3.05) is 31.7 Å². The van der Waals surface area contributed by atoms with E-state index in [4.69, 9.17) is 4.74 Å². The third-order valence-corrected chi connectivity index (χ3v) is 3.01. The van der Waals surface area contributed by atoms with Gasteiger partial charge in [0.25, 0.3) is 0 Å². The van der Waals surface area contributed by atoms with Crippen molar-refractivity contribution in [3.05, 3.63) is 29.6 Å². The number of anilines is 1. The number of benzene rings is 1. The standard InChI is InChI=1S/C12H16FNO2/c1-9-3-2-4-10(13)11(9)14-5-12(6-15)7-16-8-12/h2-4,14-15H,5-8H2,1H3. The molecule has 0 amide bonds. The summed E-state index contributed by atoms with van der Waals surface area (Å²) in [5, 5.41) is 12.3. The predicted molar refractivity (Wildman–Crippen MR) is 60.0 cm³/mol. The zero-order valence-corrected chi connectivity index (χ0v) is 9.29. The van der Waals surface area contributed by atoms with Crippen molar-refractivity contribution in [1.82, 2.24) is 0 Å². The number of para-hydroxylation sites is 1. The van der Waals surface area contributed by atoms with E-state index in [0.717, 1.165) is 5.56 Å². The normalized spacial score (nSPS) is 17.9. The number of aryl methyl sites for hydroxylation is 1. The number of aliphatic hydroxyl groups excluding tert-OH is 1. The second kappa shape index (κ2) is 4.39. The van der Waals surface area contributed by atoms with Crippen LogP contribution in [0.2, 0.25) is 0 Å². The molecule has 4 heteroatoms. The van der Waals surface area contributed by atoms with Crippen LogP contribution in [0, 0.1) is 18.2 Å². The van der Waals surface area contributed by atoms with Gasteiger partial charge in [0.2, 0.25) is 0 Å². The molecule has 1 fully saturated rings. The van der Waals surface area contributed by atoms with Crippen LogP contribution in [-0.4, -0.2) is 31.5 Å². The van der Waals surface area contributed by atoms with E-state index in [1.54, 1.807) is 6.07 Å². The lowest BCUT2D eigenvalue weighted by molar-refractivity contribution is -0.128. The maximum Gasteiger partial charge on any atom is 0.146 e. The molecule has 2 rings (SSSR count). The molecule has 0 bridgehead atoms. The summed E-state index contributed by atoms with van der Waals surface area (Å²) in [6, 6.07) is 4.97. The van der Waals surface area contributed by atoms with Crippen LogP contribution in [0.25, 0.3) is 0 Å². The summed E-state index contributed by atoms with van der Waals surface area (Å²) in [6.07, 6.45) is 0. The van der Waals surface area contributed by atoms with Gasteiger partial charge in [0.1, 0.15) is 5.82 Å². The van der Waals surface area contributed by atoms with Gasteiger partial charge in [-0.3, -0.25) is 0 Å². The van der Waals surface area contributed by atoms with Gasteiger partial charge >= 0.3 is 0 Å². The number of nitrogens with one attached hydrogen (secondary N) is 1. The third-order valence-electron chi connectivity index (χ3n) is 3.01. The number of ether oxygens (including phenoxy) is 1. The van der Waals surface area contributed by atoms with E-state index in [2.05, 4.69) is 5.32 Å². The van der Waals surface area contributed by atoms with Crippen LogP contribution in [0.15, 0.2) is 18.2 Å². The van der Waals surface area contributed by atoms with Gasteiger partial charge in [-0.15, -0.1) is 0 Å². The molecule has 0 radical (unpaired) electrons. The fourth-order valence-electron chi connectivity index (χ4n) is 1.77. The molecule has 1 aliphatic heterocycles. The Morgan fingerprint density at radius 1 is 1.50 bits per heavy atom.